The molecule has 8 fully saturated rings. The molecule has 14 atom stereocenters. The van der Waals surface area contributed by atoms with Crippen molar-refractivity contribution < 1.29 is 29.9 Å². The molecule has 8 bridgehead atoms. The number of hydrogen-bond donors (Lipinski definition) is 4. The molecular weight excluding hydrogens is 288 g/mol. The lowest BCUT2D eigenvalue weighted by Gasteiger charge is -2.57. The van der Waals surface area contributed by atoms with Gasteiger partial charge < -0.3 is 29.9 Å². The van der Waals surface area contributed by atoms with E-state index in [1.54, 1.807) is 13.8 Å². The largest absolute Gasteiger partial charge is 0.390 e. The summed E-state index contributed by atoms with van der Waals surface area (Å²) in [5.41, 5.74) is -1.38. The summed E-state index contributed by atoms with van der Waals surface area (Å²) < 4.78 is 11.9. The lowest BCUT2D eigenvalue weighted by molar-refractivity contribution is -0.308. The third-order valence-electron chi connectivity index (χ3n) is 9.27. The van der Waals surface area contributed by atoms with Crippen molar-refractivity contribution in [2.45, 2.75) is 49.8 Å². The summed E-state index contributed by atoms with van der Waals surface area (Å²) >= 11 is 0. The molecule has 2 spiro atoms. The Morgan fingerprint density at radius 2 is 1.05 bits per heavy atom. The van der Waals surface area contributed by atoms with E-state index < -0.39 is 34.6 Å². The van der Waals surface area contributed by atoms with Crippen LogP contribution in [-0.4, -0.2) is 56.4 Å². The normalized spacial score (nSPS) is 87.0. The van der Waals surface area contributed by atoms with Crippen molar-refractivity contribution in [1.29, 1.82) is 0 Å². The van der Waals surface area contributed by atoms with Gasteiger partial charge in [-0.3, -0.25) is 0 Å². The highest BCUT2D eigenvalue weighted by Crippen LogP contribution is 2.99. The van der Waals surface area contributed by atoms with Crippen LogP contribution in [0.1, 0.15) is 13.8 Å². The van der Waals surface area contributed by atoms with E-state index in [-0.39, 0.29) is 47.7 Å². The minimum atomic E-state index is -1.44. The molecule has 0 aromatic heterocycles. The van der Waals surface area contributed by atoms with Crippen LogP contribution in [0.15, 0.2) is 0 Å². The van der Waals surface area contributed by atoms with Crippen LogP contribution in [0.5, 0.6) is 0 Å². The van der Waals surface area contributed by atoms with Gasteiger partial charge in [-0.05, 0) is 25.7 Å². The zero-order valence-electron chi connectivity index (χ0n) is 12.4. The molecule has 6 heteroatoms. The Bertz CT molecular complexity index is 605. The van der Waals surface area contributed by atoms with Crippen molar-refractivity contribution in [3.8, 4) is 0 Å². The first kappa shape index (κ1) is 12.2. The molecule has 4 N–H and O–H groups in total. The highest BCUT2D eigenvalue weighted by Gasteiger charge is 3.06. The Morgan fingerprint density at radius 3 is 1.41 bits per heavy atom. The van der Waals surface area contributed by atoms with Gasteiger partial charge >= 0.3 is 0 Å². The highest BCUT2D eigenvalue weighted by molar-refractivity contribution is 5.49. The number of hydrogen-bond acceptors (Lipinski definition) is 6. The van der Waals surface area contributed by atoms with E-state index in [0.717, 1.165) is 0 Å². The predicted octanol–water partition coefficient (Wildman–Crippen LogP) is -1.34. The number of ether oxygens (including phenoxy) is 2. The Kier molecular flexibility index (Phi) is 1.44. The second-order valence-corrected chi connectivity index (χ2v) is 9.11. The SMILES string of the molecule is C[C@]1(O)O[C@H]2[C@H](O)[C@H]3[C@@H]4[C@H]5[C@@H]6[C@@H](O)[C@H]7O[C@@](C)(O)[C@]3([C@H]75)[C@]61[C@@H]24. The fourth-order valence-electron chi connectivity index (χ4n) is 9.97. The van der Waals surface area contributed by atoms with Crippen molar-refractivity contribution in [2.24, 2.45) is 46.3 Å². The molecule has 2 aliphatic heterocycles. The van der Waals surface area contributed by atoms with Crippen molar-refractivity contribution >= 4 is 0 Å². The predicted molar refractivity (Wildman–Crippen MR) is 68.8 cm³/mol. The van der Waals surface area contributed by atoms with Crippen molar-refractivity contribution in [2.75, 3.05) is 0 Å². The van der Waals surface area contributed by atoms with Gasteiger partial charge in [0.05, 0.1) is 24.4 Å². The molecular formula is C16H20O6. The van der Waals surface area contributed by atoms with Crippen LogP contribution in [0.4, 0.5) is 0 Å². The summed E-state index contributed by atoms with van der Waals surface area (Å²) in [7, 11) is 0. The van der Waals surface area contributed by atoms with Crippen LogP contribution >= 0.6 is 0 Å². The van der Waals surface area contributed by atoms with Gasteiger partial charge in [-0.15, -0.1) is 0 Å². The fraction of sp³-hybridized carbons (Fsp3) is 1.00. The summed E-state index contributed by atoms with van der Waals surface area (Å²) in [6.07, 6.45) is -2.06. The third kappa shape index (κ3) is 0.634. The zero-order chi connectivity index (χ0) is 15.2. The van der Waals surface area contributed by atoms with Crippen LogP contribution in [0.2, 0.25) is 0 Å². The Morgan fingerprint density at radius 1 is 0.682 bits per heavy atom. The second kappa shape index (κ2) is 2.61. The summed E-state index contributed by atoms with van der Waals surface area (Å²) in [5.74, 6) is -2.53. The van der Waals surface area contributed by atoms with Crippen molar-refractivity contribution in [1.82, 2.24) is 0 Å². The number of aliphatic hydroxyl groups is 4. The van der Waals surface area contributed by atoms with Gasteiger partial charge in [0.15, 0.2) is 11.6 Å². The van der Waals surface area contributed by atoms with Gasteiger partial charge in [0, 0.05) is 34.5 Å². The molecule has 120 valence electrons. The van der Waals surface area contributed by atoms with Crippen LogP contribution in [0, 0.1) is 46.3 Å². The van der Waals surface area contributed by atoms with Gasteiger partial charge in [0.1, 0.15) is 0 Å². The molecule has 2 heterocycles. The van der Waals surface area contributed by atoms with E-state index in [0.29, 0.717) is 0 Å². The average Bonchev–Trinajstić information content (AvgIpc) is 3.17. The van der Waals surface area contributed by atoms with E-state index in [9.17, 15) is 20.4 Å². The maximum atomic E-state index is 11.2. The van der Waals surface area contributed by atoms with E-state index in [1.165, 1.54) is 0 Å². The molecule has 22 heavy (non-hydrogen) atoms. The Hall–Kier alpha value is -0.240. The van der Waals surface area contributed by atoms with Crippen LogP contribution < -0.4 is 0 Å². The second-order valence-electron chi connectivity index (χ2n) is 9.11. The fourth-order valence-corrected chi connectivity index (χ4v) is 9.97. The van der Waals surface area contributed by atoms with E-state index in [1.807, 2.05) is 0 Å². The smallest absolute Gasteiger partial charge is 0.170 e. The molecule has 8 rings (SSSR count). The molecule has 2 saturated heterocycles. The first-order valence-electron chi connectivity index (χ1n) is 8.41. The molecule has 0 radical (unpaired) electrons. The summed E-state index contributed by atoms with van der Waals surface area (Å²) in [4.78, 5) is 0. The minimum Gasteiger partial charge on any atom is -0.390 e. The monoisotopic (exact) mass is 308 g/mol. The van der Waals surface area contributed by atoms with Gasteiger partial charge in [0.2, 0.25) is 0 Å². The van der Waals surface area contributed by atoms with Gasteiger partial charge in [-0.2, -0.15) is 0 Å². The maximum Gasteiger partial charge on any atom is 0.170 e. The zero-order valence-corrected chi connectivity index (χ0v) is 12.4. The lowest BCUT2D eigenvalue weighted by Crippen LogP contribution is -2.68. The van der Waals surface area contributed by atoms with Gasteiger partial charge in [0.25, 0.3) is 0 Å². The van der Waals surface area contributed by atoms with Gasteiger partial charge in [-0.25, -0.2) is 0 Å². The highest BCUT2D eigenvalue weighted by atomic mass is 16.7. The minimum absolute atomic E-state index is 0.0255. The van der Waals surface area contributed by atoms with Gasteiger partial charge in [-0.1, -0.05) is 0 Å². The Balaban J connectivity index is 1.67. The number of rotatable bonds is 0. The molecule has 6 aliphatic carbocycles. The van der Waals surface area contributed by atoms with Crippen LogP contribution in [-0.2, 0) is 9.47 Å². The third-order valence-corrected chi connectivity index (χ3v) is 9.27. The molecule has 6 nitrogen and oxygen atoms in total. The average molecular weight is 308 g/mol. The topological polar surface area (TPSA) is 99.4 Å². The molecule has 0 unspecified atom stereocenters. The first-order chi connectivity index (χ1) is 10.2. The van der Waals surface area contributed by atoms with Crippen LogP contribution in [0.25, 0.3) is 0 Å². The first-order valence-corrected chi connectivity index (χ1v) is 8.41. The standard InChI is InChI=1S/C16H20O6/c1-13(19)15-5-3-4-6(10(18)11(21-13)7(4)15)16(15)8(3)12(9(5)17)22-14(16,2)20/h3-12,17-20H,1-2H3/t3-,4-,5+,6+,7-,8+,9+,10+,11-,12+,13+,14-,15-,16-/m0/s1. The van der Waals surface area contributed by atoms with E-state index >= 15 is 0 Å². The summed E-state index contributed by atoms with van der Waals surface area (Å²) in [6.45, 7) is 3.33. The molecule has 8 aliphatic rings. The summed E-state index contributed by atoms with van der Waals surface area (Å²) in [5, 5.41) is 44.1. The summed E-state index contributed by atoms with van der Waals surface area (Å²) in [6, 6.07) is 0. The molecule has 6 saturated carbocycles. The molecule has 0 aromatic rings. The Labute approximate surface area is 127 Å². The molecule has 0 amide bonds. The molecule has 0 aromatic carbocycles. The van der Waals surface area contributed by atoms with E-state index in [2.05, 4.69) is 0 Å². The van der Waals surface area contributed by atoms with E-state index in [4.69, 9.17) is 9.47 Å². The van der Waals surface area contributed by atoms with Crippen LogP contribution in [0.3, 0.4) is 0 Å². The lowest BCUT2D eigenvalue weighted by atomic mass is 9.45. The van der Waals surface area contributed by atoms with Crippen molar-refractivity contribution in [3.05, 3.63) is 0 Å². The van der Waals surface area contributed by atoms with Crippen molar-refractivity contribution in [3.63, 3.8) is 0 Å². The number of aliphatic hydroxyl groups excluding tert-OH is 2. The quantitative estimate of drug-likeness (QED) is 0.442. The maximum absolute atomic E-state index is 11.2.